The van der Waals surface area contributed by atoms with Crippen LogP contribution in [0.2, 0.25) is 0 Å². The third-order valence-electron chi connectivity index (χ3n) is 4.45. The van der Waals surface area contributed by atoms with Gasteiger partial charge in [-0.3, -0.25) is 4.79 Å². The van der Waals surface area contributed by atoms with Gasteiger partial charge >= 0.3 is 5.97 Å². The van der Waals surface area contributed by atoms with Crippen molar-refractivity contribution in [3.8, 4) is 22.3 Å². The average Bonchev–Trinajstić information content (AvgIpc) is 3.33. The third kappa shape index (κ3) is 5.67. The third-order valence-corrected chi connectivity index (χ3v) is 5.37. The second-order valence-corrected chi connectivity index (χ2v) is 9.63. The largest absolute Gasteiger partial charge is 0.460 e. The van der Waals surface area contributed by atoms with Crippen molar-refractivity contribution in [2.45, 2.75) is 46.3 Å². The van der Waals surface area contributed by atoms with E-state index in [1.807, 2.05) is 76.2 Å². The van der Waals surface area contributed by atoms with Crippen molar-refractivity contribution in [3.05, 3.63) is 48.5 Å². The number of hydrogen-bond acceptors (Lipinski definition) is 8. The van der Waals surface area contributed by atoms with E-state index in [1.54, 1.807) is 0 Å². The molecule has 166 valence electrons. The molecule has 2 heterocycles. The average molecular weight is 452 g/mol. The Labute approximate surface area is 190 Å². The minimum atomic E-state index is -0.488. The number of carbonyl (C=O) groups excluding carboxylic acids is 1. The van der Waals surface area contributed by atoms with Gasteiger partial charge in [0.05, 0.1) is 16.8 Å². The molecule has 0 saturated heterocycles. The van der Waals surface area contributed by atoms with Crippen LogP contribution in [0.3, 0.4) is 0 Å². The first-order valence-electron chi connectivity index (χ1n) is 10.4. The quantitative estimate of drug-likeness (QED) is 0.361. The number of para-hydroxylation sites is 1. The van der Waals surface area contributed by atoms with Gasteiger partial charge in [0.25, 0.3) is 5.19 Å². The fourth-order valence-corrected chi connectivity index (χ4v) is 3.95. The molecule has 0 N–H and O–H groups in total. The number of aromatic nitrogens is 5. The second kappa shape index (κ2) is 9.04. The van der Waals surface area contributed by atoms with Crippen LogP contribution in [0.4, 0.5) is 0 Å². The number of thiazole rings is 1. The summed E-state index contributed by atoms with van der Waals surface area (Å²) in [6, 6.07) is 15.4. The van der Waals surface area contributed by atoms with Gasteiger partial charge in [-0.2, -0.15) is 4.80 Å². The van der Waals surface area contributed by atoms with Crippen LogP contribution in [-0.2, 0) is 16.1 Å². The van der Waals surface area contributed by atoms with Gasteiger partial charge < -0.3 is 9.47 Å². The van der Waals surface area contributed by atoms with Crippen LogP contribution in [0.15, 0.2) is 48.5 Å². The molecule has 32 heavy (non-hydrogen) atoms. The zero-order valence-corrected chi connectivity index (χ0v) is 19.3. The first kappa shape index (κ1) is 21.9. The molecular formula is C23H25N5O3S. The van der Waals surface area contributed by atoms with Crippen molar-refractivity contribution in [2.24, 2.45) is 5.92 Å². The lowest BCUT2D eigenvalue weighted by molar-refractivity contribution is -0.155. The van der Waals surface area contributed by atoms with Gasteiger partial charge in [-0.15, -0.1) is 10.2 Å². The molecule has 0 aliphatic heterocycles. The Morgan fingerprint density at radius 1 is 1.12 bits per heavy atom. The van der Waals surface area contributed by atoms with Crippen molar-refractivity contribution in [1.29, 1.82) is 0 Å². The number of tetrazole rings is 1. The molecule has 0 unspecified atom stereocenters. The van der Waals surface area contributed by atoms with Crippen LogP contribution in [-0.4, -0.2) is 36.8 Å². The summed E-state index contributed by atoms with van der Waals surface area (Å²) < 4.78 is 12.3. The number of nitrogens with zero attached hydrogens (tertiary/aromatic N) is 5. The Balaban J connectivity index is 1.36. The molecule has 2 aromatic heterocycles. The van der Waals surface area contributed by atoms with Gasteiger partial charge in [0, 0.05) is 12.0 Å². The van der Waals surface area contributed by atoms with Crippen molar-refractivity contribution in [3.63, 3.8) is 0 Å². The number of carbonyl (C=O) groups is 1. The highest BCUT2D eigenvalue weighted by atomic mass is 32.1. The molecule has 0 radical (unpaired) electrons. The molecule has 8 nitrogen and oxygen atoms in total. The van der Waals surface area contributed by atoms with E-state index in [0.717, 1.165) is 15.8 Å². The minimum Gasteiger partial charge on any atom is -0.460 e. The highest BCUT2D eigenvalue weighted by Crippen LogP contribution is 2.31. The summed E-state index contributed by atoms with van der Waals surface area (Å²) in [5.74, 6) is 0.998. The molecule has 4 rings (SSSR count). The molecule has 0 spiro atoms. The van der Waals surface area contributed by atoms with Gasteiger partial charge in [-0.05, 0) is 68.3 Å². The van der Waals surface area contributed by atoms with Crippen molar-refractivity contribution >= 4 is 27.5 Å². The van der Waals surface area contributed by atoms with Crippen molar-refractivity contribution in [2.75, 3.05) is 0 Å². The topological polar surface area (TPSA) is 92.0 Å². The summed E-state index contributed by atoms with van der Waals surface area (Å²) in [6.45, 7) is 8.01. The van der Waals surface area contributed by atoms with Crippen LogP contribution < -0.4 is 4.74 Å². The smallest absolute Gasteiger partial charge is 0.306 e. The van der Waals surface area contributed by atoms with E-state index in [-0.39, 0.29) is 11.9 Å². The van der Waals surface area contributed by atoms with Crippen LogP contribution in [0.25, 0.3) is 21.6 Å². The van der Waals surface area contributed by atoms with Gasteiger partial charge in [-0.25, -0.2) is 4.98 Å². The SMILES string of the molecule is C[C@H](CC(=O)OC(C)(C)C)Cn1nnc(-c2ccc(Oc3nc4ccccc4s3)cc2)n1. The maximum Gasteiger partial charge on any atom is 0.306 e. The Hall–Kier alpha value is -3.33. The minimum absolute atomic E-state index is 0.0245. The van der Waals surface area contributed by atoms with Gasteiger partial charge in [0.1, 0.15) is 11.4 Å². The highest BCUT2D eigenvalue weighted by molar-refractivity contribution is 7.20. The molecular weight excluding hydrogens is 426 g/mol. The Morgan fingerprint density at radius 3 is 2.59 bits per heavy atom. The molecule has 0 amide bonds. The summed E-state index contributed by atoms with van der Waals surface area (Å²) in [5.41, 5.74) is 1.26. The molecule has 0 fully saturated rings. The van der Waals surface area contributed by atoms with E-state index < -0.39 is 5.60 Å². The Morgan fingerprint density at radius 2 is 1.88 bits per heavy atom. The van der Waals surface area contributed by atoms with Gasteiger partial charge in [-0.1, -0.05) is 30.4 Å². The molecule has 0 bridgehead atoms. The van der Waals surface area contributed by atoms with Crippen LogP contribution in [0, 0.1) is 5.92 Å². The fraction of sp³-hybridized carbons (Fsp3) is 0.348. The van der Waals surface area contributed by atoms with E-state index >= 15 is 0 Å². The van der Waals surface area contributed by atoms with E-state index in [4.69, 9.17) is 9.47 Å². The monoisotopic (exact) mass is 451 g/mol. The maximum absolute atomic E-state index is 12.0. The summed E-state index contributed by atoms with van der Waals surface area (Å²) >= 11 is 1.50. The number of hydrogen-bond donors (Lipinski definition) is 0. The van der Waals surface area contributed by atoms with Gasteiger partial charge in [0.2, 0.25) is 5.82 Å². The summed E-state index contributed by atoms with van der Waals surface area (Å²) in [5, 5.41) is 13.3. The lowest BCUT2D eigenvalue weighted by Crippen LogP contribution is -2.25. The van der Waals surface area contributed by atoms with Crippen molar-refractivity contribution in [1.82, 2.24) is 25.2 Å². The fourth-order valence-electron chi connectivity index (χ4n) is 3.11. The first-order valence-corrected chi connectivity index (χ1v) is 11.2. The van der Waals surface area contributed by atoms with E-state index in [1.165, 1.54) is 16.1 Å². The van der Waals surface area contributed by atoms with Crippen molar-refractivity contribution < 1.29 is 14.3 Å². The molecule has 9 heteroatoms. The zero-order valence-electron chi connectivity index (χ0n) is 18.5. The normalized spacial score (nSPS) is 12.6. The predicted molar refractivity (Wildman–Crippen MR) is 123 cm³/mol. The second-order valence-electron chi connectivity index (χ2n) is 8.64. The van der Waals surface area contributed by atoms with Gasteiger partial charge in [0.15, 0.2) is 0 Å². The molecule has 2 aromatic carbocycles. The number of esters is 1. The summed E-state index contributed by atoms with van der Waals surface area (Å²) in [6.07, 6.45) is 0.298. The lowest BCUT2D eigenvalue weighted by Gasteiger charge is -2.20. The summed E-state index contributed by atoms with van der Waals surface area (Å²) in [7, 11) is 0. The lowest BCUT2D eigenvalue weighted by atomic mass is 10.1. The molecule has 0 saturated carbocycles. The van der Waals surface area contributed by atoms with E-state index in [9.17, 15) is 4.79 Å². The number of ether oxygens (including phenoxy) is 2. The predicted octanol–water partition coefficient (Wildman–Crippen LogP) is 5.11. The number of fused-ring (bicyclic) bond motifs is 1. The first-order chi connectivity index (χ1) is 15.2. The number of rotatable bonds is 7. The van der Waals surface area contributed by atoms with Crippen LogP contribution in [0.5, 0.6) is 10.9 Å². The Kier molecular flexibility index (Phi) is 6.18. The zero-order chi connectivity index (χ0) is 22.7. The van der Waals surface area contributed by atoms with Crippen LogP contribution >= 0.6 is 11.3 Å². The molecule has 0 aliphatic rings. The standard InChI is InChI=1S/C23H25N5O3S/c1-15(13-20(29)31-23(2,3)4)14-28-26-21(25-27-28)16-9-11-17(12-10-16)30-22-24-18-7-5-6-8-19(18)32-22/h5-12,15H,13-14H2,1-4H3/t15-/m1/s1. The van der Waals surface area contributed by atoms with E-state index in [2.05, 4.69) is 20.4 Å². The molecule has 4 aromatic rings. The molecule has 0 aliphatic carbocycles. The highest BCUT2D eigenvalue weighted by Gasteiger charge is 2.19. The van der Waals surface area contributed by atoms with Crippen LogP contribution in [0.1, 0.15) is 34.1 Å². The number of benzene rings is 2. The van der Waals surface area contributed by atoms with E-state index in [0.29, 0.717) is 29.7 Å². The Bertz CT molecular complexity index is 1180. The maximum atomic E-state index is 12.0. The summed E-state index contributed by atoms with van der Waals surface area (Å²) in [4.78, 5) is 18.0. The molecule has 1 atom stereocenters.